The van der Waals surface area contributed by atoms with Crippen molar-refractivity contribution in [2.45, 2.75) is 18.8 Å². The van der Waals surface area contributed by atoms with Crippen LogP contribution in [0, 0.1) is 5.82 Å². The molecule has 212 valence electrons. The normalized spacial score (nSPS) is 12.3. The summed E-state index contributed by atoms with van der Waals surface area (Å²) >= 11 is 0. The third kappa shape index (κ3) is 5.75. The first-order valence-corrected chi connectivity index (χ1v) is 13.7. The van der Waals surface area contributed by atoms with Crippen LogP contribution in [0.25, 0.3) is 33.2 Å². The van der Waals surface area contributed by atoms with E-state index in [2.05, 4.69) is 43.2 Å². The van der Waals surface area contributed by atoms with E-state index in [0.29, 0.717) is 50.7 Å². The molecule has 1 saturated carbocycles. The summed E-state index contributed by atoms with van der Waals surface area (Å²) in [5.41, 5.74) is 7.95. The van der Waals surface area contributed by atoms with Gasteiger partial charge in [-0.3, -0.25) is 9.59 Å². The van der Waals surface area contributed by atoms with Crippen molar-refractivity contribution in [3.63, 3.8) is 0 Å². The molecule has 2 heterocycles. The second-order valence-corrected chi connectivity index (χ2v) is 10.2. The first kappa shape index (κ1) is 27.5. The van der Waals surface area contributed by atoms with Crippen LogP contribution in [-0.4, -0.2) is 33.8 Å². The molecule has 5 aromatic rings. The second-order valence-electron chi connectivity index (χ2n) is 10.2. The van der Waals surface area contributed by atoms with Gasteiger partial charge in [-0.1, -0.05) is 24.8 Å². The largest absolute Gasteiger partial charge is 0.387 e. The minimum atomic E-state index is -0.566. The van der Waals surface area contributed by atoms with Crippen LogP contribution >= 0.6 is 0 Å². The first-order valence-electron chi connectivity index (χ1n) is 13.7. The third-order valence-electron chi connectivity index (χ3n) is 7.31. The van der Waals surface area contributed by atoms with Gasteiger partial charge in [0.2, 0.25) is 0 Å². The zero-order valence-corrected chi connectivity index (χ0v) is 23.3. The van der Waals surface area contributed by atoms with Gasteiger partial charge >= 0.3 is 0 Å². The predicted octanol–water partition coefficient (Wildman–Crippen LogP) is 6.95. The van der Waals surface area contributed by atoms with Crippen molar-refractivity contribution in [3.8, 4) is 22.3 Å². The fraction of sp³-hybridized carbons (Fsp3) is 0.118. The van der Waals surface area contributed by atoms with E-state index < -0.39 is 11.7 Å². The van der Waals surface area contributed by atoms with Gasteiger partial charge in [-0.2, -0.15) is 0 Å². The van der Waals surface area contributed by atoms with E-state index in [1.807, 2.05) is 36.4 Å². The van der Waals surface area contributed by atoms with Crippen molar-refractivity contribution in [3.05, 3.63) is 115 Å². The number of aromatic nitrogens is 3. The Morgan fingerprint density at radius 2 is 1.86 bits per heavy atom. The van der Waals surface area contributed by atoms with E-state index in [-0.39, 0.29) is 11.5 Å². The van der Waals surface area contributed by atoms with E-state index in [4.69, 9.17) is 0 Å². The number of pyridine rings is 1. The van der Waals surface area contributed by atoms with Crippen molar-refractivity contribution in [1.29, 1.82) is 0 Å². The van der Waals surface area contributed by atoms with Gasteiger partial charge in [0.15, 0.2) is 0 Å². The molecule has 0 saturated heterocycles. The number of rotatable bonds is 8. The van der Waals surface area contributed by atoms with Gasteiger partial charge in [-0.05, 0) is 72.4 Å². The minimum absolute atomic E-state index is 0.173. The highest BCUT2D eigenvalue weighted by Crippen LogP contribution is 2.42. The number of carbonyl (C=O) groups excluding carboxylic acids is 2. The average molecular weight is 571 g/mol. The summed E-state index contributed by atoms with van der Waals surface area (Å²) in [7, 11) is 1.75. The first-order chi connectivity index (χ1) is 20.9. The molecule has 1 aliphatic carbocycles. The Labute approximate surface area is 247 Å². The Morgan fingerprint density at radius 3 is 2.63 bits per heavy atom. The highest BCUT2D eigenvalue weighted by Gasteiger charge is 2.24. The maximum absolute atomic E-state index is 15.8. The number of carbonyl (C=O) groups is 2. The van der Waals surface area contributed by atoms with Gasteiger partial charge in [0.05, 0.1) is 11.2 Å². The lowest BCUT2D eigenvalue weighted by Crippen LogP contribution is -2.13. The summed E-state index contributed by atoms with van der Waals surface area (Å²) in [5, 5.41) is 9.43. The third-order valence-corrected chi connectivity index (χ3v) is 7.31. The summed E-state index contributed by atoms with van der Waals surface area (Å²) in [6, 6.07) is 17.3. The lowest BCUT2D eigenvalue weighted by molar-refractivity contribution is -0.111. The SMILES string of the molecule is C=C=CC(=O)Nc1cccc(-c2cc(-c3ccc(C(=O)Nc4cc(C5CC5)ccn4)cc3F)c(NC)c3cncnc23)c1. The van der Waals surface area contributed by atoms with E-state index >= 15 is 4.39 Å². The molecule has 8 nitrogen and oxygen atoms in total. The molecule has 0 spiro atoms. The molecule has 9 heteroatoms. The number of amides is 2. The Balaban J connectivity index is 1.38. The van der Waals surface area contributed by atoms with Crippen LogP contribution in [0.15, 0.2) is 97.8 Å². The van der Waals surface area contributed by atoms with E-state index in [1.54, 1.807) is 37.6 Å². The molecule has 2 amide bonds. The van der Waals surface area contributed by atoms with Crippen molar-refractivity contribution >= 4 is 39.9 Å². The molecular weight excluding hydrogens is 543 g/mol. The standard InChI is InChI=1S/C34H27FN6O2/c1-3-5-31(42)40-24-7-4-6-22(14-24)26-17-27(32(36-2)28-18-37-19-39-33(26)28)25-11-10-23(15-29(25)35)34(43)41-30-16-21(12-13-38-30)20-8-9-20/h4-7,10-20,36H,1,8-9H2,2H3,(H,40,42)(H,38,41,43). The van der Waals surface area contributed by atoms with Gasteiger partial charge in [-0.25, -0.2) is 19.3 Å². The van der Waals surface area contributed by atoms with E-state index in [1.165, 1.54) is 18.5 Å². The van der Waals surface area contributed by atoms with Crippen molar-refractivity contribution in [2.24, 2.45) is 0 Å². The average Bonchev–Trinajstić information content (AvgIpc) is 3.87. The number of anilines is 3. The van der Waals surface area contributed by atoms with Crippen LogP contribution in [0.2, 0.25) is 0 Å². The molecule has 0 unspecified atom stereocenters. The quantitative estimate of drug-likeness (QED) is 0.138. The number of fused-ring (bicyclic) bond motifs is 1. The minimum Gasteiger partial charge on any atom is -0.387 e. The number of nitrogens with one attached hydrogen (secondary N) is 3. The molecule has 1 aliphatic rings. The molecule has 0 radical (unpaired) electrons. The lowest BCUT2D eigenvalue weighted by Gasteiger charge is -2.17. The Kier molecular flexibility index (Phi) is 7.47. The summed E-state index contributed by atoms with van der Waals surface area (Å²) in [6.45, 7) is 3.43. The van der Waals surface area contributed by atoms with Crippen molar-refractivity contribution in [1.82, 2.24) is 15.0 Å². The molecule has 0 aliphatic heterocycles. The van der Waals surface area contributed by atoms with Gasteiger partial charge in [0.1, 0.15) is 18.0 Å². The maximum atomic E-state index is 15.8. The summed E-state index contributed by atoms with van der Waals surface area (Å²) < 4.78 is 15.8. The van der Waals surface area contributed by atoms with Crippen LogP contribution < -0.4 is 16.0 Å². The highest BCUT2D eigenvalue weighted by molar-refractivity contribution is 6.08. The Bertz CT molecular complexity index is 1950. The lowest BCUT2D eigenvalue weighted by atomic mass is 9.93. The highest BCUT2D eigenvalue weighted by atomic mass is 19.1. The van der Waals surface area contributed by atoms with Crippen LogP contribution in [-0.2, 0) is 4.79 Å². The van der Waals surface area contributed by atoms with E-state index in [0.717, 1.165) is 24.0 Å². The summed E-state index contributed by atoms with van der Waals surface area (Å²) in [5.74, 6) is -0.414. The molecule has 2 aromatic heterocycles. The smallest absolute Gasteiger partial charge is 0.256 e. The van der Waals surface area contributed by atoms with Crippen molar-refractivity contribution in [2.75, 3.05) is 23.0 Å². The number of halogens is 1. The second kappa shape index (κ2) is 11.7. The predicted molar refractivity (Wildman–Crippen MR) is 166 cm³/mol. The Hall–Kier alpha value is -5.66. The monoisotopic (exact) mass is 570 g/mol. The fourth-order valence-electron chi connectivity index (χ4n) is 5.14. The van der Waals surface area contributed by atoms with Gasteiger partial charge < -0.3 is 16.0 Å². The Morgan fingerprint density at radius 1 is 1.00 bits per heavy atom. The zero-order chi connectivity index (χ0) is 29.9. The molecule has 0 atom stereocenters. The van der Waals surface area contributed by atoms with Gasteiger partial charge in [0, 0.05) is 58.8 Å². The van der Waals surface area contributed by atoms with Crippen LogP contribution in [0.4, 0.5) is 21.6 Å². The van der Waals surface area contributed by atoms with Crippen LogP contribution in [0.5, 0.6) is 0 Å². The summed E-state index contributed by atoms with van der Waals surface area (Å²) in [4.78, 5) is 38.1. The van der Waals surface area contributed by atoms with Crippen LogP contribution in [0.1, 0.15) is 34.7 Å². The van der Waals surface area contributed by atoms with Crippen molar-refractivity contribution < 1.29 is 14.0 Å². The molecule has 6 rings (SSSR count). The molecular formula is C34H27FN6O2. The van der Waals surface area contributed by atoms with Crippen LogP contribution in [0.3, 0.4) is 0 Å². The topological polar surface area (TPSA) is 109 Å². The number of nitrogens with zero attached hydrogens (tertiary/aromatic N) is 3. The summed E-state index contributed by atoms with van der Waals surface area (Å²) in [6.07, 6.45) is 8.28. The number of hydrogen-bond acceptors (Lipinski definition) is 6. The molecule has 3 N–H and O–H groups in total. The van der Waals surface area contributed by atoms with E-state index in [9.17, 15) is 9.59 Å². The van der Waals surface area contributed by atoms with Gasteiger partial charge in [-0.15, -0.1) is 5.73 Å². The zero-order valence-electron chi connectivity index (χ0n) is 23.3. The molecule has 3 aromatic carbocycles. The fourth-order valence-corrected chi connectivity index (χ4v) is 5.14. The molecule has 1 fully saturated rings. The molecule has 0 bridgehead atoms. The maximum Gasteiger partial charge on any atom is 0.256 e. The number of benzene rings is 3. The molecule has 43 heavy (non-hydrogen) atoms. The number of hydrogen-bond donors (Lipinski definition) is 3. The van der Waals surface area contributed by atoms with Gasteiger partial charge in [0.25, 0.3) is 11.8 Å².